The lowest BCUT2D eigenvalue weighted by atomic mass is 10.2. The first-order valence-corrected chi connectivity index (χ1v) is 6.19. The average Bonchev–Trinajstić information content (AvgIpc) is 2.86. The van der Waals surface area contributed by atoms with Gasteiger partial charge in [0.05, 0.1) is 0 Å². The van der Waals surface area contributed by atoms with E-state index in [4.69, 9.17) is 9.47 Å². The number of anilines is 1. The molecule has 0 bridgehead atoms. The summed E-state index contributed by atoms with van der Waals surface area (Å²) in [5.74, 6) is -0.129. The van der Waals surface area contributed by atoms with Crippen LogP contribution in [0.3, 0.4) is 0 Å². The number of hydrogen-bond donors (Lipinski definition) is 2. The Balaban J connectivity index is 1.90. The number of unbranched alkanes of at least 4 members (excludes halogenated alkanes) is 1. The fraction of sp³-hybridized carbons (Fsp3) is 0.385. The zero-order chi connectivity index (χ0) is 13.7. The van der Waals surface area contributed by atoms with Gasteiger partial charge in [-0.25, -0.2) is 0 Å². The molecule has 1 aromatic carbocycles. The van der Waals surface area contributed by atoms with E-state index in [-0.39, 0.29) is 6.79 Å². The highest BCUT2D eigenvalue weighted by Crippen LogP contribution is 2.34. The van der Waals surface area contributed by atoms with Crippen LogP contribution < -0.4 is 20.1 Å². The predicted octanol–water partition coefficient (Wildman–Crippen LogP) is 1.27. The Morgan fingerprint density at radius 3 is 2.79 bits per heavy atom. The van der Waals surface area contributed by atoms with Gasteiger partial charge >= 0.3 is 11.8 Å². The minimum absolute atomic E-state index is 0.171. The Bertz CT molecular complexity index is 488. The third-order valence-electron chi connectivity index (χ3n) is 2.65. The van der Waals surface area contributed by atoms with Crippen molar-refractivity contribution in [2.45, 2.75) is 19.8 Å². The van der Waals surface area contributed by atoms with E-state index in [1.807, 2.05) is 6.92 Å². The molecular weight excluding hydrogens is 248 g/mol. The van der Waals surface area contributed by atoms with E-state index in [0.717, 1.165) is 12.8 Å². The molecule has 0 unspecified atom stereocenters. The lowest BCUT2D eigenvalue weighted by Gasteiger charge is -2.06. The lowest BCUT2D eigenvalue weighted by molar-refractivity contribution is -0.136. The van der Waals surface area contributed by atoms with Gasteiger partial charge in [0, 0.05) is 18.3 Å². The highest BCUT2D eigenvalue weighted by molar-refractivity contribution is 6.39. The molecule has 0 saturated carbocycles. The van der Waals surface area contributed by atoms with Gasteiger partial charge in [0.25, 0.3) is 0 Å². The molecule has 0 atom stereocenters. The van der Waals surface area contributed by atoms with Gasteiger partial charge in [0.15, 0.2) is 11.5 Å². The Kier molecular flexibility index (Phi) is 4.22. The number of carbonyl (C=O) groups excluding carboxylic acids is 2. The van der Waals surface area contributed by atoms with E-state index in [9.17, 15) is 9.59 Å². The van der Waals surface area contributed by atoms with Gasteiger partial charge in [0.1, 0.15) is 0 Å². The number of nitrogens with one attached hydrogen (secondary N) is 2. The Morgan fingerprint density at radius 2 is 2.00 bits per heavy atom. The molecule has 2 rings (SSSR count). The second-order valence-corrected chi connectivity index (χ2v) is 4.13. The zero-order valence-electron chi connectivity index (χ0n) is 10.7. The van der Waals surface area contributed by atoms with Gasteiger partial charge in [-0.3, -0.25) is 9.59 Å². The molecule has 1 aliphatic heterocycles. The molecule has 0 aromatic heterocycles. The standard InChI is InChI=1S/C13H16N2O4/c1-2-3-6-14-12(16)13(17)15-9-4-5-10-11(7-9)19-8-18-10/h4-5,7H,2-3,6,8H2,1H3,(H,14,16)(H,15,17). The van der Waals surface area contributed by atoms with Crippen molar-refractivity contribution in [1.29, 1.82) is 0 Å². The minimum atomic E-state index is -0.685. The smallest absolute Gasteiger partial charge is 0.313 e. The molecular formula is C13H16N2O4. The molecule has 102 valence electrons. The fourth-order valence-corrected chi connectivity index (χ4v) is 1.62. The summed E-state index contributed by atoms with van der Waals surface area (Å²) in [4.78, 5) is 23.1. The van der Waals surface area contributed by atoms with E-state index in [1.54, 1.807) is 18.2 Å². The summed E-state index contributed by atoms with van der Waals surface area (Å²) < 4.78 is 10.3. The monoisotopic (exact) mass is 264 g/mol. The summed E-state index contributed by atoms with van der Waals surface area (Å²) >= 11 is 0. The number of ether oxygens (including phenoxy) is 2. The average molecular weight is 264 g/mol. The van der Waals surface area contributed by atoms with Crippen LogP contribution in [0.15, 0.2) is 18.2 Å². The van der Waals surface area contributed by atoms with Crippen LogP contribution in [0, 0.1) is 0 Å². The van der Waals surface area contributed by atoms with Crippen molar-refractivity contribution in [2.75, 3.05) is 18.7 Å². The van der Waals surface area contributed by atoms with Gasteiger partial charge in [-0.15, -0.1) is 0 Å². The van der Waals surface area contributed by atoms with E-state index >= 15 is 0 Å². The molecule has 0 radical (unpaired) electrons. The molecule has 2 N–H and O–H groups in total. The number of fused-ring (bicyclic) bond motifs is 1. The molecule has 6 heteroatoms. The fourth-order valence-electron chi connectivity index (χ4n) is 1.62. The van der Waals surface area contributed by atoms with Gasteiger partial charge in [-0.2, -0.15) is 0 Å². The van der Waals surface area contributed by atoms with Crippen molar-refractivity contribution in [3.05, 3.63) is 18.2 Å². The van der Waals surface area contributed by atoms with E-state index < -0.39 is 11.8 Å². The van der Waals surface area contributed by atoms with Crippen molar-refractivity contribution >= 4 is 17.5 Å². The van der Waals surface area contributed by atoms with Crippen molar-refractivity contribution in [3.8, 4) is 11.5 Å². The molecule has 0 saturated heterocycles. The topological polar surface area (TPSA) is 76.7 Å². The molecule has 1 heterocycles. The van der Waals surface area contributed by atoms with Gasteiger partial charge in [-0.05, 0) is 18.6 Å². The number of benzene rings is 1. The third kappa shape index (κ3) is 3.37. The molecule has 19 heavy (non-hydrogen) atoms. The van der Waals surface area contributed by atoms with Gasteiger partial charge < -0.3 is 20.1 Å². The Hall–Kier alpha value is -2.24. The van der Waals surface area contributed by atoms with E-state index in [0.29, 0.717) is 23.7 Å². The second-order valence-electron chi connectivity index (χ2n) is 4.13. The summed E-state index contributed by atoms with van der Waals surface area (Å²) in [5, 5.41) is 5.06. The predicted molar refractivity (Wildman–Crippen MR) is 69.1 cm³/mol. The van der Waals surface area contributed by atoms with Crippen molar-refractivity contribution in [3.63, 3.8) is 0 Å². The van der Waals surface area contributed by atoms with Crippen LogP contribution in [0.25, 0.3) is 0 Å². The van der Waals surface area contributed by atoms with E-state index in [1.165, 1.54) is 0 Å². The minimum Gasteiger partial charge on any atom is -0.454 e. The van der Waals surface area contributed by atoms with Crippen LogP contribution in [-0.4, -0.2) is 25.2 Å². The van der Waals surface area contributed by atoms with Crippen molar-refractivity contribution < 1.29 is 19.1 Å². The highest BCUT2D eigenvalue weighted by Gasteiger charge is 2.16. The summed E-state index contributed by atoms with van der Waals surface area (Å²) in [6.45, 7) is 2.69. The Labute approximate surface area is 111 Å². The SMILES string of the molecule is CCCCNC(=O)C(=O)Nc1ccc2c(c1)OCO2. The first kappa shape index (κ1) is 13.2. The Morgan fingerprint density at radius 1 is 1.21 bits per heavy atom. The first-order chi connectivity index (χ1) is 9.20. The number of hydrogen-bond acceptors (Lipinski definition) is 4. The summed E-state index contributed by atoms with van der Waals surface area (Å²) in [5.41, 5.74) is 0.500. The number of rotatable bonds is 4. The number of amides is 2. The van der Waals surface area contributed by atoms with Crippen molar-refractivity contribution in [2.24, 2.45) is 0 Å². The highest BCUT2D eigenvalue weighted by atomic mass is 16.7. The molecule has 1 aliphatic rings. The van der Waals surface area contributed by atoms with Crippen LogP contribution in [0.2, 0.25) is 0 Å². The molecule has 0 aliphatic carbocycles. The molecule has 0 fully saturated rings. The van der Waals surface area contributed by atoms with Crippen molar-refractivity contribution in [1.82, 2.24) is 5.32 Å². The van der Waals surface area contributed by atoms with Crippen LogP contribution in [-0.2, 0) is 9.59 Å². The van der Waals surface area contributed by atoms with Crippen LogP contribution >= 0.6 is 0 Å². The second kappa shape index (κ2) is 6.08. The molecule has 6 nitrogen and oxygen atoms in total. The van der Waals surface area contributed by atoms with Gasteiger partial charge in [-0.1, -0.05) is 13.3 Å². The third-order valence-corrected chi connectivity index (χ3v) is 2.65. The van der Waals surface area contributed by atoms with Crippen LogP contribution in [0.5, 0.6) is 11.5 Å². The summed E-state index contributed by atoms with van der Waals surface area (Å²) in [6.07, 6.45) is 1.81. The summed E-state index contributed by atoms with van der Waals surface area (Å²) in [6, 6.07) is 4.97. The maximum absolute atomic E-state index is 11.6. The lowest BCUT2D eigenvalue weighted by Crippen LogP contribution is -2.35. The molecule has 2 amide bonds. The normalized spacial score (nSPS) is 12.1. The molecule has 0 spiro atoms. The van der Waals surface area contributed by atoms with Crippen LogP contribution in [0.1, 0.15) is 19.8 Å². The number of carbonyl (C=O) groups is 2. The molecule has 1 aromatic rings. The van der Waals surface area contributed by atoms with E-state index in [2.05, 4.69) is 10.6 Å². The summed E-state index contributed by atoms with van der Waals surface area (Å²) in [7, 11) is 0. The maximum atomic E-state index is 11.6. The van der Waals surface area contributed by atoms with Gasteiger partial charge in [0.2, 0.25) is 6.79 Å². The van der Waals surface area contributed by atoms with Crippen LogP contribution in [0.4, 0.5) is 5.69 Å². The zero-order valence-corrected chi connectivity index (χ0v) is 10.7. The first-order valence-electron chi connectivity index (χ1n) is 6.19. The maximum Gasteiger partial charge on any atom is 0.313 e. The largest absolute Gasteiger partial charge is 0.454 e. The quantitative estimate of drug-likeness (QED) is 0.634.